The van der Waals surface area contributed by atoms with Crippen LogP contribution in [0.25, 0.3) is 0 Å². The number of hydrogen-bond acceptors (Lipinski definition) is 4. The number of primary amides is 1. The van der Waals surface area contributed by atoms with Gasteiger partial charge in [-0.05, 0) is 29.9 Å². The first-order valence-electron chi connectivity index (χ1n) is 5.77. The van der Waals surface area contributed by atoms with Crippen LogP contribution in [-0.4, -0.2) is 17.6 Å². The van der Waals surface area contributed by atoms with E-state index in [9.17, 15) is 14.9 Å². The van der Waals surface area contributed by atoms with Gasteiger partial charge in [-0.2, -0.15) is 0 Å². The van der Waals surface area contributed by atoms with Gasteiger partial charge in [0.1, 0.15) is 0 Å². The molecule has 0 aliphatic heterocycles. The summed E-state index contributed by atoms with van der Waals surface area (Å²) in [6.07, 6.45) is 1.85. The normalized spacial score (nSPS) is 14.2. The molecular weight excluding hydrogens is 236 g/mol. The van der Waals surface area contributed by atoms with Gasteiger partial charge < -0.3 is 10.5 Å². The Hall–Kier alpha value is -2.11. The van der Waals surface area contributed by atoms with E-state index in [-0.39, 0.29) is 12.3 Å². The monoisotopic (exact) mass is 250 g/mol. The summed E-state index contributed by atoms with van der Waals surface area (Å²) < 4.78 is 4.68. The standard InChI is InChI=1S/C12H14N2O4/c13-12(15)18-6-5-9-3-4-10(14(16)17)7-11(9)8-1-2-8/h3-4,7-8H,1-2,5-6H2,(H2,13,15). The molecule has 1 aromatic carbocycles. The van der Waals surface area contributed by atoms with E-state index < -0.39 is 11.0 Å². The van der Waals surface area contributed by atoms with Crippen molar-refractivity contribution < 1.29 is 14.5 Å². The lowest BCUT2D eigenvalue weighted by molar-refractivity contribution is -0.384. The first kappa shape index (κ1) is 12.3. The summed E-state index contributed by atoms with van der Waals surface area (Å²) in [6, 6.07) is 4.83. The molecule has 0 heterocycles. The first-order chi connectivity index (χ1) is 8.58. The van der Waals surface area contributed by atoms with Crippen molar-refractivity contribution >= 4 is 11.8 Å². The van der Waals surface area contributed by atoms with Crippen molar-refractivity contribution in [3.63, 3.8) is 0 Å². The number of carbonyl (C=O) groups excluding carboxylic acids is 1. The summed E-state index contributed by atoms with van der Waals surface area (Å²) >= 11 is 0. The maximum atomic E-state index is 10.7. The Morgan fingerprint density at radius 2 is 2.22 bits per heavy atom. The van der Waals surface area contributed by atoms with Crippen molar-refractivity contribution in [2.24, 2.45) is 5.73 Å². The number of ether oxygens (including phenoxy) is 1. The largest absolute Gasteiger partial charge is 0.449 e. The highest BCUT2D eigenvalue weighted by Crippen LogP contribution is 2.42. The van der Waals surface area contributed by atoms with E-state index in [1.807, 2.05) is 0 Å². The highest BCUT2D eigenvalue weighted by atomic mass is 16.6. The number of rotatable bonds is 5. The summed E-state index contributed by atoms with van der Waals surface area (Å²) in [4.78, 5) is 20.8. The Morgan fingerprint density at radius 3 is 2.78 bits per heavy atom. The third-order valence-electron chi connectivity index (χ3n) is 2.97. The number of carbonyl (C=O) groups is 1. The van der Waals surface area contributed by atoms with Gasteiger partial charge in [-0.25, -0.2) is 4.79 Å². The molecule has 6 nitrogen and oxygen atoms in total. The van der Waals surface area contributed by atoms with Crippen LogP contribution >= 0.6 is 0 Å². The van der Waals surface area contributed by atoms with Gasteiger partial charge in [0.15, 0.2) is 0 Å². The van der Waals surface area contributed by atoms with Crippen LogP contribution in [-0.2, 0) is 11.2 Å². The Labute approximate surface area is 104 Å². The van der Waals surface area contributed by atoms with Crippen molar-refractivity contribution in [1.82, 2.24) is 0 Å². The molecule has 2 N–H and O–H groups in total. The average Bonchev–Trinajstić information content (AvgIpc) is 3.12. The summed E-state index contributed by atoms with van der Waals surface area (Å²) in [7, 11) is 0. The third kappa shape index (κ3) is 2.97. The van der Waals surface area contributed by atoms with Crippen LogP contribution in [0.1, 0.15) is 29.9 Å². The van der Waals surface area contributed by atoms with Gasteiger partial charge in [-0.3, -0.25) is 10.1 Å². The maximum absolute atomic E-state index is 10.7. The Balaban J connectivity index is 2.13. The van der Waals surface area contributed by atoms with Crippen LogP contribution in [0.3, 0.4) is 0 Å². The molecule has 0 spiro atoms. The van der Waals surface area contributed by atoms with E-state index in [0.717, 1.165) is 24.0 Å². The second kappa shape index (κ2) is 5.03. The number of hydrogen-bond donors (Lipinski definition) is 1. The molecular formula is C12H14N2O4. The van der Waals surface area contributed by atoms with Crippen molar-refractivity contribution in [2.75, 3.05) is 6.61 Å². The average molecular weight is 250 g/mol. The molecule has 0 aromatic heterocycles. The fraction of sp³-hybridized carbons (Fsp3) is 0.417. The maximum Gasteiger partial charge on any atom is 0.404 e. The van der Waals surface area contributed by atoms with Gasteiger partial charge >= 0.3 is 6.09 Å². The molecule has 0 saturated heterocycles. The Kier molecular flexibility index (Phi) is 3.45. The summed E-state index contributed by atoms with van der Waals surface area (Å²) in [5.74, 6) is 0.411. The van der Waals surface area contributed by atoms with Crippen LogP contribution in [0.4, 0.5) is 10.5 Å². The molecule has 0 bridgehead atoms. The molecule has 1 amide bonds. The number of nitro groups is 1. The molecule has 0 radical (unpaired) electrons. The van der Waals surface area contributed by atoms with Gasteiger partial charge in [0.25, 0.3) is 5.69 Å². The SMILES string of the molecule is NC(=O)OCCc1ccc([N+](=O)[O-])cc1C1CC1. The number of amides is 1. The predicted octanol–water partition coefficient (Wildman–Crippen LogP) is 2.11. The van der Waals surface area contributed by atoms with Gasteiger partial charge in [0.2, 0.25) is 0 Å². The minimum atomic E-state index is -0.801. The molecule has 1 aliphatic rings. The highest BCUT2D eigenvalue weighted by molar-refractivity contribution is 5.64. The molecule has 1 aliphatic carbocycles. The lowest BCUT2D eigenvalue weighted by Crippen LogP contribution is -2.15. The molecule has 96 valence electrons. The molecule has 0 unspecified atom stereocenters. The molecule has 6 heteroatoms. The van der Waals surface area contributed by atoms with Gasteiger partial charge in [0.05, 0.1) is 11.5 Å². The molecule has 1 aromatic rings. The fourth-order valence-electron chi connectivity index (χ4n) is 1.96. The zero-order chi connectivity index (χ0) is 13.1. The summed E-state index contributed by atoms with van der Waals surface area (Å²) in [5, 5.41) is 10.7. The van der Waals surface area contributed by atoms with E-state index in [4.69, 9.17) is 5.73 Å². The van der Waals surface area contributed by atoms with Crippen LogP contribution in [0.2, 0.25) is 0 Å². The number of nitrogens with two attached hydrogens (primary N) is 1. The molecule has 0 atom stereocenters. The highest BCUT2D eigenvalue weighted by Gasteiger charge is 2.27. The van der Waals surface area contributed by atoms with Crippen LogP contribution < -0.4 is 5.73 Å². The summed E-state index contributed by atoms with van der Waals surface area (Å²) in [5.41, 5.74) is 6.98. The van der Waals surface area contributed by atoms with E-state index >= 15 is 0 Å². The van der Waals surface area contributed by atoms with Gasteiger partial charge in [-0.15, -0.1) is 0 Å². The first-order valence-corrected chi connectivity index (χ1v) is 5.77. The van der Waals surface area contributed by atoms with Gasteiger partial charge in [0, 0.05) is 18.6 Å². The second-order valence-electron chi connectivity index (χ2n) is 4.33. The topological polar surface area (TPSA) is 95.5 Å². The lowest BCUT2D eigenvalue weighted by Gasteiger charge is -2.08. The van der Waals surface area contributed by atoms with Gasteiger partial charge in [-0.1, -0.05) is 6.07 Å². The van der Waals surface area contributed by atoms with Crippen molar-refractivity contribution in [2.45, 2.75) is 25.2 Å². The molecule has 18 heavy (non-hydrogen) atoms. The van der Waals surface area contributed by atoms with Crippen LogP contribution in [0.15, 0.2) is 18.2 Å². The Bertz CT molecular complexity index is 483. The van der Waals surface area contributed by atoms with Crippen molar-refractivity contribution in [1.29, 1.82) is 0 Å². The number of nitro benzene ring substituents is 1. The minimum absolute atomic E-state index is 0.108. The van der Waals surface area contributed by atoms with E-state index in [2.05, 4.69) is 4.74 Å². The smallest absolute Gasteiger partial charge is 0.404 e. The molecule has 1 fully saturated rings. The summed E-state index contributed by atoms with van der Waals surface area (Å²) in [6.45, 7) is 0.201. The second-order valence-corrected chi connectivity index (χ2v) is 4.33. The van der Waals surface area contributed by atoms with E-state index in [0.29, 0.717) is 12.3 Å². The fourth-order valence-corrected chi connectivity index (χ4v) is 1.96. The lowest BCUT2D eigenvalue weighted by atomic mass is 10.00. The van der Waals surface area contributed by atoms with E-state index in [1.165, 1.54) is 6.07 Å². The van der Waals surface area contributed by atoms with E-state index in [1.54, 1.807) is 12.1 Å². The molecule has 2 rings (SSSR count). The van der Waals surface area contributed by atoms with Crippen LogP contribution in [0.5, 0.6) is 0 Å². The quantitative estimate of drug-likeness (QED) is 0.639. The zero-order valence-electron chi connectivity index (χ0n) is 9.80. The third-order valence-corrected chi connectivity index (χ3v) is 2.97. The predicted molar refractivity (Wildman–Crippen MR) is 64.3 cm³/mol. The van der Waals surface area contributed by atoms with Crippen molar-refractivity contribution in [3.05, 3.63) is 39.4 Å². The Morgan fingerprint density at radius 1 is 1.50 bits per heavy atom. The molecule has 1 saturated carbocycles. The number of nitrogens with zero attached hydrogens (tertiary/aromatic N) is 1. The van der Waals surface area contributed by atoms with Crippen molar-refractivity contribution in [3.8, 4) is 0 Å². The zero-order valence-corrected chi connectivity index (χ0v) is 9.80. The number of non-ortho nitro benzene ring substituents is 1. The number of benzene rings is 1. The van der Waals surface area contributed by atoms with Crippen LogP contribution in [0, 0.1) is 10.1 Å². The minimum Gasteiger partial charge on any atom is -0.449 e.